The normalized spacial score (nSPS) is 22.3. The van der Waals surface area contributed by atoms with Gasteiger partial charge in [-0.1, -0.05) is 6.92 Å². The maximum atomic E-state index is 12.9. The molecule has 0 saturated carbocycles. The molecule has 0 radical (unpaired) electrons. The van der Waals surface area contributed by atoms with Crippen molar-refractivity contribution in [2.45, 2.75) is 37.8 Å². The summed E-state index contributed by atoms with van der Waals surface area (Å²) >= 11 is 1.43. The highest BCUT2D eigenvalue weighted by atomic mass is 32.2. The minimum Gasteiger partial charge on any atom is -0.326 e. The van der Waals surface area contributed by atoms with Gasteiger partial charge < -0.3 is 10.6 Å². The van der Waals surface area contributed by atoms with Crippen molar-refractivity contribution >= 4 is 21.4 Å². The molecule has 7 heteroatoms. The second kappa shape index (κ2) is 6.11. The van der Waals surface area contributed by atoms with E-state index in [0.717, 1.165) is 23.4 Å². The molecule has 2 N–H and O–H groups in total. The molecule has 0 aromatic carbocycles. The third-order valence-corrected chi connectivity index (χ3v) is 7.34. The first-order valence-corrected chi connectivity index (χ1v) is 9.21. The average Bonchev–Trinajstić information content (AvgIpc) is 2.80. The molecular weight excluding hydrogens is 294 g/mol. The SMILES string of the molecule is CCC1CN(S(=O)(=O)c2c(C)csc2CN)CCN1C. The molecule has 1 atom stereocenters. The van der Waals surface area contributed by atoms with Gasteiger partial charge in [0.15, 0.2) is 0 Å². The zero-order valence-electron chi connectivity index (χ0n) is 12.3. The molecule has 0 bridgehead atoms. The third-order valence-electron chi connectivity index (χ3n) is 3.98. The van der Waals surface area contributed by atoms with Crippen molar-refractivity contribution in [1.29, 1.82) is 0 Å². The maximum Gasteiger partial charge on any atom is 0.244 e. The molecule has 1 aromatic heterocycles. The lowest BCUT2D eigenvalue weighted by molar-refractivity contribution is 0.144. The largest absolute Gasteiger partial charge is 0.326 e. The van der Waals surface area contributed by atoms with Crippen molar-refractivity contribution < 1.29 is 8.42 Å². The fourth-order valence-corrected chi connectivity index (χ4v) is 5.80. The zero-order valence-corrected chi connectivity index (χ0v) is 13.9. The van der Waals surface area contributed by atoms with Crippen molar-refractivity contribution in [3.8, 4) is 0 Å². The standard InChI is InChI=1S/C13H23N3O2S2/c1-4-11-8-16(6-5-15(11)3)20(17,18)13-10(2)9-19-12(13)7-14/h9,11H,4-8,14H2,1-3H3. The Bertz CT molecular complexity index is 568. The van der Waals surface area contributed by atoms with Gasteiger partial charge in [-0.25, -0.2) is 8.42 Å². The first kappa shape index (κ1) is 15.9. The van der Waals surface area contributed by atoms with Crippen LogP contribution in [0, 0.1) is 6.92 Å². The summed E-state index contributed by atoms with van der Waals surface area (Å²) in [6.07, 6.45) is 0.953. The average molecular weight is 317 g/mol. The van der Waals surface area contributed by atoms with Crippen LogP contribution in [-0.4, -0.2) is 50.3 Å². The summed E-state index contributed by atoms with van der Waals surface area (Å²) in [5, 5.41) is 1.88. The number of hydrogen-bond donors (Lipinski definition) is 1. The van der Waals surface area contributed by atoms with E-state index >= 15 is 0 Å². The van der Waals surface area contributed by atoms with Crippen LogP contribution in [0.3, 0.4) is 0 Å². The lowest BCUT2D eigenvalue weighted by atomic mass is 10.1. The van der Waals surface area contributed by atoms with Crippen LogP contribution in [-0.2, 0) is 16.6 Å². The molecule has 1 aliphatic heterocycles. The molecule has 0 spiro atoms. The fraction of sp³-hybridized carbons (Fsp3) is 0.692. The van der Waals surface area contributed by atoms with Crippen LogP contribution in [0.1, 0.15) is 23.8 Å². The number of likely N-dealkylation sites (N-methyl/N-ethyl adjacent to an activating group) is 1. The Morgan fingerprint density at radius 1 is 1.45 bits per heavy atom. The van der Waals surface area contributed by atoms with Crippen molar-refractivity contribution in [3.05, 3.63) is 15.8 Å². The molecule has 1 fully saturated rings. The summed E-state index contributed by atoms with van der Waals surface area (Å²) in [5.41, 5.74) is 6.49. The van der Waals surface area contributed by atoms with Crippen molar-refractivity contribution in [2.24, 2.45) is 5.73 Å². The highest BCUT2D eigenvalue weighted by Gasteiger charge is 2.34. The monoisotopic (exact) mass is 317 g/mol. The number of nitrogens with zero attached hydrogens (tertiary/aromatic N) is 2. The topological polar surface area (TPSA) is 66.6 Å². The highest BCUT2D eigenvalue weighted by molar-refractivity contribution is 7.89. The van der Waals surface area contributed by atoms with E-state index in [4.69, 9.17) is 5.73 Å². The van der Waals surface area contributed by atoms with Gasteiger partial charge in [-0.2, -0.15) is 4.31 Å². The van der Waals surface area contributed by atoms with Crippen LogP contribution in [0.15, 0.2) is 10.3 Å². The number of nitrogens with two attached hydrogens (primary N) is 1. The van der Waals surface area contributed by atoms with Crippen LogP contribution in [0.4, 0.5) is 0 Å². The first-order valence-electron chi connectivity index (χ1n) is 6.89. The van der Waals surface area contributed by atoms with E-state index in [2.05, 4.69) is 18.9 Å². The molecule has 2 rings (SSSR count). The lowest BCUT2D eigenvalue weighted by Gasteiger charge is -2.38. The summed E-state index contributed by atoms with van der Waals surface area (Å²) in [7, 11) is -1.37. The Kier molecular flexibility index (Phi) is 4.86. The van der Waals surface area contributed by atoms with Gasteiger partial charge in [-0.15, -0.1) is 11.3 Å². The third kappa shape index (κ3) is 2.78. The van der Waals surface area contributed by atoms with Crippen molar-refractivity contribution in [1.82, 2.24) is 9.21 Å². The van der Waals surface area contributed by atoms with Gasteiger partial charge >= 0.3 is 0 Å². The zero-order chi connectivity index (χ0) is 14.9. The predicted molar refractivity (Wildman–Crippen MR) is 82.4 cm³/mol. The summed E-state index contributed by atoms with van der Waals surface area (Å²) < 4.78 is 27.4. The Morgan fingerprint density at radius 3 is 2.75 bits per heavy atom. The number of aryl methyl sites for hydroxylation is 1. The predicted octanol–water partition coefficient (Wildman–Crippen LogP) is 1.23. The molecule has 1 aromatic rings. The molecule has 1 aliphatic rings. The van der Waals surface area contributed by atoms with Gasteiger partial charge in [0.25, 0.3) is 0 Å². The Morgan fingerprint density at radius 2 is 2.15 bits per heavy atom. The van der Waals surface area contributed by atoms with Crippen LogP contribution in [0.25, 0.3) is 0 Å². The van der Waals surface area contributed by atoms with E-state index in [1.165, 1.54) is 11.3 Å². The van der Waals surface area contributed by atoms with Crippen LogP contribution in [0.5, 0.6) is 0 Å². The molecule has 5 nitrogen and oxygen atoms in total. The minimum absolute atomic E-state index is 0.276. The molecule has 114 valence electrons. The van der Waals surface area contributed by atoms with Crippen LogP contribution >= 0.6 is 11.3 Å². The Labute approximate surface area is 125 Å². The summed E-state index contributed by atoms with van der Waals surface area (Å²) in [5.74, 6) is 0. The number of rotatable bonds is 4. The molecule has 0 amide bonds. The number of hydrogen-bond acceptors (Lipinski definition) is 5. The van der Waals surface area contributed by atoms with Crippen molar-refractivity contribution in [2.75, 3.05) is 26.7 Å². The fourth-order valence-electron chi connectivity index (χ4n) is 2.68. The van der Waals surface area contributed by atoms with Gasteiger partial charge in [0.1, 0.15) is 4.90 Å². The van der Waals surface area contributed by atoms with Gasteiger partial charge in [0, 0.05) is 37.1 Å². The van der Waals surface area contributed by atoms with Crippen LogP contribution in [0.2, 0.25) is 0 Å². The minimum atomic E-state index is -3.42. The van der Waals surface area contributed by atoms with E-state index < -0.39 is 10.0 Å². The summed E-state index contributed by atoms with van der Waals surface area (Å²) in [4.78, 5) is 3.43. The number of piperazine rings is 1. The first-order chi connectivity index (χ1) is 9.41. The van der Waals surface area contributed by atoms with E-state index in [1.807, 2.05) is 12.3 Å². The summed E-state index contributed by atoms with van der Waals surface area (Å²) in [6, 6.07) is 0.291. The quantitative estimate of drug-likeness (QED) is 0.907. The van der Waals surface area contributed by atoms with Gasteiger partial charge in [0.2, 0.25) is 10.0 Å². The Hall–Kier alpha value is -0.470. The van der Waals surface area contributed by atoms with E-state index in [1.54, 1.807) is 4.31 Å². The van der Waals surface area contributed by atoms with Gasteiger partial charge in [-0.3, -0.25) is 0 Å². The van der Waals surface area contributed by atoms with Gasteiger partial charge in [0.05, 0.1) is 0 Å². The summed E-state index contributed by atoms with van der Waals surface area (Å²) in [6.45, 7) is 6.11. The van der Waals surface area contributed by atoms with E-state index in [0.29, 0.717) is 24.0 Å². The molecular formula is C13H23N3O2S2. The highest BCUT2D eigenvalue weighted by Crippen LogP contribution is 2.30. The van der Waals surface area contributed by atoms with Gasteiger partial charge in [-0.05, 0) is 31.3 Å². The van der Waals surface area contributed by atoms with E-state index in [9.17, 15) is 8.42 Å². The second-order valence-corrected chi connectivity index (χ2v) is 8.12. The van der Waals surface area contributed by atoms with E-state index in [-0.39, 0.29) is 6.54 Å². The smallest absolute Gasteiger partial charge is 0.244 e. The molecule has 0 aliphatic carbocycles. The van der Waals surface area contributed by atoms with Crippen LogP contribution < -0.4 is 5.73 Å². The number of thiophene rings is 1. The molecule has 1 saturated heterocycles. The molecule has 20 heavy (non-hydrogen) atoms. The second-order valence-electron chi connectivity index (χ2n) is 5.28. The number of sulfonamides is 1. The van der Waals surface area contributed by atoms with Crippen molar-refractivity contribution in [3.63, 3.8) is 0 Å². The lowest BCUT2D eigenvalue weighted by Crippen LogP contribution is -2.52. The molecule has 2 heterocycles. The Balaban J connectivity index is 2.33. The maximum absolute atomic E-state index is 12.9. The molecule has 1 unspecified atom stereocenters.